The van der Waals surface area contributed by atoms with Crippen LogP contribution in [0.2, 0.25) is 0 Å². The number of fused-ring (bicyclic) bond motifs is 3. The summed E-state index contributed by atoms with van der Waals surface area (Å²) < 4.78 is 45.2. The zero-order valence-electron chi connectivity index (χ0n) is 17.6. The van der Waals surface area contributed by atoms with Crippen LogP contribution in [0, 0.1) is 6.92 Å². The highest BCUT2D eigenvalue weighted by Gasteiger charge is 2.30. The average molecular weight is 475 g/mol. The maximum Gasteiger partial charge on any atom is 0.416 e. The van der Waals surface area contributed by atoms with Gasteiger partial charge < -0.3 is 5.32 Å². The van der Waals surface area contributed by atoms with Crippen molar-refractivity contribution < 1.29 is 17.8 Å². The molecule has 1 unspecified atom stereocenters. The fraction of sp³-hybridized carbons (Fsp3) is 0.364. The van der Waals surface area contributed by atoms with Crippen LogP contribution in [0.5, 0.6) is 0 Å². The van der Waals surface area contributed by atoms with Crippen molar-refractivity contribution in [2.24, 2.45) is 0 Å². The van der Waals surface area contributed by atoms with Gasteiger partial charge in [-0.2, -0.15) is 13.2 Å². The number of benzene rings is 1. The zero-order chi connectivity index (χ0) is 23.2. The Labute approximate surface area is 190 Å². The van der Waals surface area contributed by atoms with E-state index in [0.717, 1.165) is 53.2 Å². The van der Waals surface area contributed by atoms with Crippen molar-refractivity contribution in [1.82, 2.24) is 25.2 Å². The molecule has 0 amide bonds. The summed E-state index contributed by atoms with van der Waals surface area (Å²) >= 11 is 1.51. The number of rotatable bonds is 5. The minimum Gasteiger partial charge on any atom is -0.308 e. The Balaban J connectivity index is 1.38. The third-order valence-corrected chi connectivity index (χ3v) is 7.11. The van der Waals surface area contributed by atoms with Crippen LogP contribution in [-0.2, 0) is 32.1 Å². The number of aromatic nitrogens is 4. The second-order valence-electron chi connectivity index (χ2n) is 8.18. The maximum atomic E-state index is 13.2. The van der Waals surface area contributed by atoms with Crippen LogP contribution in [0.1, 0.15) is 39.4 Å². The molecule has 7 nitrogen and oxygen atoms in total. The number of alkyl halides is 3. The van der Waals surface area contributed by atoms with Crippen LogP contribution in [0.25, 0.3) is 10.2 Å². The summed E-state index contributed by atoms with van der Waals surface area (Å²) in [5.41, 5.74) is 1.99. The number of hydrogen-bond donors (Lipinski definition) is 1. The molecule has 3 heterocycles. The molecule has 33 heavy (non-hydrogen) atoms. The molecule has 0 radical (unpaired) electrons. The topological polar surface area (TPSA) is 85.8 Å². The number of halogens is 3. The molecule has 1 atom stereocenters. The fourth-order valence-corrected chi connectivity index (χ4v) is 5.44. The van der Waals surface area contributed by atoms with Gasteiger partial charge in [0.05, 0.1) is 23.8 Å². The summed E-state index contributed by atoms with van der Waals surface area (Å²) in [6.07, 6.45) is -0.654. The molecule has 3 aromatic heterocycles. The molecule has 11 heteroatoms. The molecule has 172 valence electrons. The minimum atomic E-state index is -4.43. The lowest BCUT2D eigenvalue weighted by atomic mass is 9.93. The largest absolute Gasteiger partial charge is 0.416 e. The van der Waals surface area contributed by atoms with E-state index in [4.69, 9.17) is 4.63 Å². The Kier molecular flexibility index (Phi) is 5.53. The van der Waals surface area contributed by atoms with E-state index in [1.807, 2.05) is 6.92 Å². The van der Waals surface area contributed by atoms with Crippen LogP contribution in [0.15, 0.2) is 40.0 Å². The first-order valence-corrected chi connectivity index (χ1v) is 11.3. The second kappa shape index (κ2) is 8.38. The highest BCUT2D eigenvalue weighted by molar-refractivity contribution is 7.18. The molecule has 1 N–H and O–H groups in total. The summed E-state index contributed by atoms with van der Waals surface area (Å²) in [6, 6.07) is 5.26. The van der Waals surface area contributed by atoms with Gasteiger partial charge in [-0.15, -0.1) is 11.3 Å². The summed E-state index contributed by atoms with van der Waals surface area (Å²) in [4.78, 5) is 19.4. The third-order valence-electron chi connectivity index (χ3n) is 5.95. The van der Waals surface area contributed by atoms with Gasteiger partial charge in [-0.1, -0.05) is 22.4 Å². The van der Waals surface area contributed by atoms with E-state index < -0.39 is 11.7 Å². The Morgan fingerprint density at radius 1 is 1.30 bits per heavy atom. The first-order chi connectivity index (χ1) is 15.8. The first-order valence-electron chi connectivity index (χ1n) is 10.5. The molecule has 0 aliphatic heterocycles. The van der Waals surface area contributed by atoms with Crippen molar-refractivity contribution in [2.45, 2.75) is 51.5 Å². The SMILES string of the molecule is Cc1nonc1CNC1CCc2c(sc3ncn(Cc4cccc(C(F)(F)F)c4)c(=O)c23)C1. The molecule has 0 saturated carbocycles. The van der Waals surface area contributed by atoms with E-state index >= 15 is 0 Å². The van der Waals surface area contributed by atoms with Crippen LogP contribution >= 0.6 is 11.3 Å². The second-order valence-corrected chi connectivity index (χ2v) is 9.26. The zero-order valence-corrected chi connectivity index (χ0v) is 18.5. The van der Waals surface area contributed by atoms with Gasteiger partial charge in [0.15, 0.2) is 0 Å². The fourth-order valence-electron chi connectivity index (χ4n) is 4.18. The maximum absolute atomic E-state index is 13.2. The average Bonchev–Trinajstić information content (AvgIpc) is 3.36. The van der Waals surface area contributed by atoms with Crippen molar-refractivity contribution in [3.63, 3.8) is 0 Å². The predicted octanol–water partition coefficient (Wildman–Crippen LogP) is 3.86. The van der Waals surface area contributed by atoms with Gasteiger partial charge in [-0.05, 0) is 49.4 Å². The lowest BCUT2D eigenvalue weighted by Crippen LogP contribution is -2.34. The van der Waals surface area contributed by atoms with Gasteiger partial charge in [-0.25, -0.2) is 9.61 Å². The quantitative estimate of drug-likeness (QED) is 0.472. The van der Waals surface area contributed by atoms with Crippen molar-refractivity contribution in [3.05, 3.63) is 73.9 Å². The van der Waals surface area contributed by atoms with E-state index in [9.17, 15) is 18.0 Å². The van der Waals surface area contributed by atoms with Crippen LogP contribution < -0.4 is 10.9 Å². The van der Waals surface area contributed by atoms with Gasteiger partial charge in [0.25, 0.3) is 5.56 Å². The molecule has 0 saturated heterocycles. The normalized spacial score (nSPS) is 16.3. The van der Waals surface area contributed by atoms with E-state index in [1.54, 1.807) is 6.07 Å². The molecule has 0 fully saturated rings. The molecule has 1 aliphatic carbocycles. The summed E-state index contributed by atoms with van der Waals surface area (Å²) in [6.45, 7) is 2.43. The summed E-state index contributed by atoms with van der Waals surface area (Å²) in [5, 5.41) is 11.7. The predicted molar refractivity (Wildman–Crippen MR) is 116 cm³/mol. The van der Waals surface area contributed by atoms with Crippen molar-refractivity contribution in [3.8, 4) is 0 Å². The van der Waals surface area contributed by atoms with E-state index in [-0.39, 0.29) is 18.1 Å². The number of nitrogens with one attached hydrogen (secondary N) is 1. The van der Waals surface area contributed by atoms with Crippen molar-refractivity contribution >= 4 is 21.6 Å². The Morgan fingerprint density at radius 2 is 2.15 bits per heavy atom. The monoisotopic (exact) mass is 475 g/mol. The van der Waals surface area contributed by atoms with Crippen molar-refractivity contribution in [1.29, 1.82) is 0 Å². The Bertz CT molecular complexity index is 1370. The lowest BCUT2D eigenvalue weighted by Gasteiger charge is -2.23. The van der Waals surface area contributed by atoms with Crippen LogP contribution in [0.4, 0.5) is 13.2 Å². The van der Waals surface area contributed by atoms with Crippen LogP contribution in [0.3, 0.4) is 0 Å². The number of aryl methyl sites for hydroxylation is 2. The molecule has 1 aliphatic rings. The summed E-state index contributed by atoms with van der Waals surface area (Å²) in [7, 11) is 0. The molecule has 0 bridgehead atoms. The molecular weight excluding hydrogens is 455 g/mol. The van der Waals surface area contributed by atoms with Crippen LogP contribution in [-0.4, -0.2) is 25.9 Å². The van der Waals surface area contributed by atoms with Crippen molar-refractivity contribution in [2.75, 3.05) is 0 Å². The van der Waals surface area contributed by atoms with E-state index in [0.29, 0.717) is 22.3 Å². The third kappa shape index (κ3) is 4.30. The summed E-state index contributed by atoms with van der Waals surface area (Å²) in [5.74, 6) is 0. The highest BCUT2D eigenvalue weighted by atomic mass is 32.1. The Morgan fingerprint density at radius 3 is 2.91 bits per heavy atom. The van der Waals surface area contributed by atoms with Gasteiger partial charge in [0, 0.05) is 17.5 Å². The molecule has 5 rings (SSSR count). The number of nitrogens with zero attached hydrogens (tertiary/aromatic N) is 4. The molecular formula is C22H20F3N5O2S. The van der Waals surface area contributed by atoms with Gasteiger partial charge in [0.2, 0.25) is 0 Å². The van der Waals surface area contributed by atoms with E-state index in [1.165, 1.54) is 28.3 Å². The van der Waals surface area contributed by atoms with Gasteiger partial charge >= 0.3 is 6.18 Å². The molecule has 1 aromatic carbocycles. The first kappa shape index (κ1) is 21.8. The smallest absolute Gasteiger partial charge is 0.308 e. The van der Waals surface area contributed by atoms with E-state index in [2.05, 4.69) is 20.6 Å². The van der Waals surface area contributed by atoms with Gasteiger partial charge in [0.1, 0.15) is 16.2 Å². The molecule has 0 spiro atoms. The Hall–Kier alpha value is -3.05. The minimum absolute atomic E-state index is 0.0333. The standard InChI is InChI=1S/C22H20F3N5O2S/c1-12-17(29-32-28-12)9-26-15-5-6-16-18(8-15)33-20-19(16)21(31)30(11-27-20)10-13-3-2-4-14(7-13)22(23,24)25/h2-4,7,11,15,26H,5-6,8-10H2,1H3. The highest BCUT2D eigenvalue weighted by Crippen LogP contribution is 2.34. The number of hydrogen-bond acceptors (Lipinski definition) is 7. The lowest BCUT2D eigenvalue weighted by molar-refractivity contribution is -0.137. The number of thiophene rings is 1. The molecule has 4 aromatic rings. The van der Waals surface area contributed by atoms with Gasteiger partial charge in [-0.3, -0.25) is 9.36 Å².